The molecule has 0 spiro atoms. The van der Waals surface area contributed by atoms with E-state index in [1.807, 2.05) is 11.3 Å². The van der Waals surface area contributed by atoms with Gasteiger partial charge in [-0.25, -0.2) is 0 Å². The van der Waals surface area contributed by atoms with Gasteiger partial charge >= 0.3 is 0 Å². The first-order valence-corrected chi connectivity index (χ1v) is 20.5. The van der Waals surface area contributed by atoms with Gasteiger partial charge in [-0.3, -0.25) is 0 Å². The van der Waals surface area contributed by atoms with E-state index in [9.17, 15) is 0 Å². The van der Waals surface area contributed by atoms with Crippen LogP contribution in [0.5, 0.6) is 0 Å². The Morgan fingerprint density at radius 1 is 0.333 bits per heavy atom. The summed E-state index contributed by atoms with van der Waals surface area (Å²) in [6, 6.07) is 76.4. The molecule has 1 atom stereocenters. The Hall–Kier alpha value is -7.00. The minimum Gasteiger partial charge on any atom is -0.309 e. The lowest BCUT2D eigenvalue weighted by atomic mass is 9.87. The summed E-state index contributed by atoms with van der Waals surface area (Å²) < 4.78 is 5.10. The number of hydrogen-bond acceptors (Lipinski definition) is 1. The number of nitrogens with zero attached hydrogens (tertiary/aromatic N) is 1. The van der Waals surface area contributed by atoms with E-state index in [1.165, 1.54) is 109 Å². The molecule has 12 rings (SSSR count). The molecule has 0 saturated carbocycles. The minimum absolute atomic E-state index is 0.191. The van der Waals surface area contributed by atoms with Crippen LogP contribution >= 0.6 is 11.3 Å². The Morgan fingerprint density at radius 2 is 0.947 bits per heavy atom. The van der Waals surface area contributed by atoms with E-state index in [0.29, 0.717) is 0 Å². The second-order valence-corrected chi connectivity index (χ2v) is 16.3. The highest BCUT2D eigenvalue weighted by Crippen LogP contribution is 2.50. The first kappa shape index (κ1) is 32.3. The zero-order valence-corrected chi connectivity index (χ0v) is 31.9. The molecular weight excluding hydrogens is 707 g/mol. The van der Waals surface area contributed by atoms with Crippen LogP contribution in [-0.4, -0.2) is 4.57 Å². The molecule has 57 heavy (non-hydrogen) atoms. The van der Waals surface area contributed by atoms with Crippen LogP contribution in [0.3, 0.4) is 0 Å². The molecule has 9 aromatic carbocycles. The third-order valence-corrected chi connectivity index (χ3v) is 13.2. The summed E-state index contributed by atoms with van der Waals surface area (Å²) in [6.07, 6.45) is 0. The lowest BCUT2D eigenvalue weighted by Gasteiger charge is -2.16. The summed E-state index contributed by atoms with van der Waals surface area (Å²) in [4.78, 5) is 0. The van der Waals surface area contributed by atoms with Gasteiger partial charge in [-0.2, -0.15) is 0 Å². The largest absolute Gasteiger partial charge is 0.309 e. The predicted octanol–water partition coefficient (Wildman–Crippen LogP) is 15.3. The van der Waals surface area contributed by atoms with Gasteiger partial charge in [0.25, 0.3) is 0 Å². The van der Waals surface area contributed by atoms with Gasteiger partial charge in [-0.05, 0) is 116 Å². The fourth-order valence-corrected chi connectivity index (χ4v) is 10.5. The van der Waals surface area contributed by atoms with Crippen molar-refractivity contribution in [1.29, 1.82) is 0 Å². The molecule has 0 saturated heterocycles. The normalized spacial score (nSPS) is 13.4. The van der Waals surface area contributed by atoms with Crippen molar-refractivity contribution in [2.75, 3.05) is 0 Å². The van der Waals surface area contributed by atoms with E-state index in [4.69, 9.17) is 0 Å². The van der Waals surface area contributed by atoms with Crippen molar-refractivity contribution in [3.8, 4) is 50.2 Å². The first-order valence-electron chi connectivity index (χ1n) is 19.7. The zero-order chi connectivity index (χ0) is 37.5. The van der Waals surface area contributed by atoms with Crippen LogP contribution in [0.25, 0.3) is 92.2 Å². The second kappa shape index (κ2) is 12.8. The fourth-order valence-electron chi connectivity index (χ4n) is 9.43. The van der Waals surface area contributed by atoms with Crippen molar-refractivity contribution in [1.82, 2.24) is 4.57 Å². The number of rotatable bonds is 5. The third kappa shape index (κ3) is 5.15. The molecule has 0 amide bonds. The summed E-state index contributed by atoms with van der Waals surface area (Å²) in [5.74, 6) is 0.191. The maximum absolute atomic E-state index is 2.43. The van der Waals surface area contributed by atoms with Crippen LogP contribution in [0.15, 0.2) is 206 Å². The smallest absolute Gasteiger partial charge is 0.0541 e. The summed E-state index contributed by atoms with van der Waals surface area (Å²) in [6.45, 7) is 0. The number of aromatic nitrogens is 1. The molecule has 2 heteroatoms. The highest BCUT2D eigenvalue weighted by Gasteiger charge is 2.30. The van der Waals surface area contributed by atoms with E-state index in [1.54, 1.807) is 0 Å². The maximum Gasteiger partial charge on any atom is 0.0541 e. The van der Waals surface area contributed by atoms with E-state index in [2.05, 4.69) is 211 Å². The molecule has 1 aliphatic rings. The molecular formula is C55H35NS. The molecule has 0 bridgehead atoms. The van der Waals surface area contributed by atoms with Crippen LogP contribution < -0.4 is 0 Å². The highest BCUT2D eigenvalue weighted by atomic mass is 32.1. The average Bonchev–Trinajstić information content (AvgIpc) is 3.94. The van der Waals surface area contributed by atoms with Gasteiger partial charge in [0.15, 0.2) is 0 Å². The SMILES string of the molecule is c1ccc(-c2cccc(C3c4ccccc4-c4cc(-c5ccc6c(c5)c5ccccc5n6-c5cccc(-c6ccc7sc8ccccc8c7c6)c5)ccc43)c2)cc1. The van der Waals surface area contributed by atoms with E-state index < -0.39 is 0 Å². The fraction of sp³-hybridized carbons (Fsp3) is 0.0182. The molecule has 0 fully saturated rings. The average molecular weight is 742 g/mol. The number of para-hydroxylation sites is 1. The van der Waals surface area contributed by atoms with Crippen molar-refractivity contribution in [3.05, 3.63) is 223 Å². The molecule has 0 radical (unpaired) electrons. The standard InChI is InChI=1S/C55H35NS/c1-2-12-35(13-3-1)36-14-10-16-41(30-36)55-46-21-5-4-18-43(46)48-32-38(24-27-47(48)55)39-25-28-52-49(33-39)44-19-6-8-22-51(44)56(52)42-17-11-15-37(31-42)40-26-29-54-50(34-40)45-20-7-9-23-53(45)57-54/h1-34,55H. The molecule has 0 N–H and O–H groups in total. The minimum atomic E-state index is 0.191. The predicted molar refractivity (Wildman–Crippen MR) is 243 cm³/mol. The van der Waals surface area contributed by atoms with Crippen molar-refractivity contribution >= 4 is 53.3 Å². The summed E-state index contributed by atoms with van der Waals surface area (Å²) in [5, 5.41) is 5.17. The Kier molecular flexibility index (Phi) is 7.23. The Morgan fingerprint density at radius 3 is 1.86 bits per heavy atom. The van der Waals surface area contributed by atoms with Gasteiger partial charge in [-0.15, -0.1) is 11.3 Å². The van der Waals surface area contributed by atoms with Crippen molar-refractivity contribution in [3.63, 3.8) is 0 Å². The van der Waals surface area contributed by atoms with Crippen LogP contribution in [0.1, 0.15) is 22.6 Å². The monoisotopic (exact) mass is 741 g/mol. The molecule has 1 nitrogen and oxygen atoms in total. The summed E-state index contributed by atoms with van der Waals surface area (Å²) >= 11 is 1.87. The van der Waals surface area contributed by atoms with Crippen LogP contribution in [0.2, 0.25) is 0 Å². The van der Waals surface area contributed by atoms with Gasteiger partial charge in [0, 0.05) is 42.6 Å². The van der Waals surface area contributed by atoms with Crippen molar-refractivity contribution in [2.24, 2.45) is 0 Å². The molecule has 0 aliphatic heterocycles. The number of benzene rings is 9. The number of hydrogen-bond donors (Lipinski definition) is 0. The summed E-state index contributed by atoms with van der Waals surface area (Å²) in [7, 11) is 0. The number of thiophene rings is 1. The van der Waals surface area contributed by atoms with E-state index >= 15 is 0 Å². The first-order chi connectivity index (χ1) is 28.2. The quantitative estimate of drug-likeness (QED) is 0.166. The zero-order valence-electron chi connectivity index (χ0n) is 31.1. The second-order valence-electron chi connectivity index (χ2n) is 15.3. The molecule has 266 valence electrons. The Labute approximate surface area is 335 Å². The van der Waals surface area contributed by atoms with Gasteiger partial charge in [-0.1, -0.05) is 152 Å². The molecule has 1 aliphatic carbocycles. The number of fused-ring (bicyclic) bond motifs is 9. The highest BCUT2D eigenvalue weighted by molar-refractivity contribution is 7.25. The van der Waals surface area contributed by atoms with Crippen LogP contribution in [0.4, 0.5) is 0 Å². The molecule has 2 heterocycles. The molecule has 1 unspecified atom stereocenters. The third-order valence-electron chi connectivity index (χ3n) is 12.1. The van der Waals surface area contributed by atoms with Crippen molar-refractivity contribution < 1.29 is 0 Å². The maximum atomic E-state index is 2.43. The van der Waals surface area contributed by atoms with Crippen LogP contribution in [-0.2, 0) is 0 Å². The topological polar surface area (TPSA) is 4.93 Å². The Balaban J connectivity index is 0.953. The van der Waals surface area contributed by atoms with Gasteiger partial charge < -0.3 is 4.57 Å². The lowest BCUT2D eigenvalue weighted by Crippen LogP contribution is -1.99. The van der Waals surface area contributed by atoms with Gasteiger partial charge in [0.2, 0.25) is 0 Å². The summed E-state index contributed by atoms with van der Waals surface area (Å²) in [5.41, 5.74) is 17.7. The lowest BCUT2D eigenvalue weighted by molar-refractivity contribution is 1.02. The van der Waals surface area contributed by atoms with Crippen molar-refractivity contribution in [2.45, 2.75) is 5.92 Å². The van der Waals surface area contributed by atoms with Crippen LogP contribution in [0, 0.1) is 0 Å². The van der Waals surface area contributed by atoms with Gasteiger partial charge in [0.05, 0.1) is 11.0 Å². The van der Waals surface area contributed by atoms with E-state index in [0.717, 1.165) is 0 Å². The van der Waals surface area contributed by atoms with Gasteiger partial charge in [0.1, 0.15) is 0 Å². The molecule has 11 aromatic rings. The molecule has 2 aromatic heterocycles. The Bertz CT molecular complexity index is 3360. The van der Waals surface area contributed by atoms with E-state index in [-0.39, 0.29) is 5.92 Å².